The van der Waals surface area contributed by atoms with E-state index in [9.17, 15) is 9.59 Å². The van der Waals surface area contributed by atoms with Gasteiger partial charge in [0.25, 0.3) is 5.91 Å². The smallest absolute Gasteiger partial charge is 0.338 e. The molecule has 2 aromatic carbocycles. The van der Waals surface area contributed by atoms with Crippen molar-refractivity contribution in [1.82, 2.24) is 0 Å². The van der Waals surface area contributed by atoms with Gasteiger partial charge >= 0.3 is 5.97 Å². The Morgan fingerprint density at radius 1 is 1.04 bits per heavy atom. The molecule has 1 amide bonds. The lowest BCUT2D eigenvalue weighted by Gasteiger charge is -2.14. The maximum absolute atomic E-state index is 12.0. The molecule has 0 saturated carbocycles. The number of carbonyl (C=O) groups excluding carboxylic acids is 2. The highest BCUT2D eigenvalue weighted by atomic mass is 16.5. The summed E-state index contributed by atoms with van der Waals surface area (Å²) in [5, 5.41) is 0. The summed E-state index contributed by atoms with van der Waals surface area (Å²) in [6.07, 6.45) is -0.193. The molecule has 2 N–H and O–H groups in total. The molecule has 0 aliphatic rings. The molecule has 23 heavy (non-hydrogen) atoms. The van der Waals surface area contributed by atoms with Gasteiger partial charge in [0.1, 0.15) is 12.4 Å². The lowest BCUT2D eigenvalue weighted by atomic mass is 10.2. The largest absolute Gasteiger partial charge is 0.481 e. The number of benzene rings is 2. The molecule has 1 unspecified atom stereocenters. The van der Waals surface area contributed by atoms with Crippen molar-refractivity contribution in [3.8, 4) is 5.75 Å². The number of nitrogens with two attached hydrogens (primary N) is 1. The number of esters is 1. The number of ether oxygens (including phenoxy) is 2. The summed E-state index contributed by atoms with van der Waals surface area (Å²) in [5.74, 6) is -0.448. The average molecular weight is 313 g/mol. The zero-order valence-electron chi connectivity index (χ0n) is 12.9. The first-order valence-corrected chi connectivity index (χ1v) is 7.37. The molecule has 2 rings (SSSR count). The molecule has 0 fully saturated rings. The maximum atomic E-state index is 12.0. The van der Waals surface area contributed by atoms with Crippen molar-refractivity contribution in [2.24, 2.45) is 5.73 Å². The predicted octanol–water partition coefficient (Wildman–Crippen LogP) is 2.69. The van der Waals surface area contributed by atoms with Gasteiger partial charge in [0.2, 0.25) is 0 Å². The molecule has 2 aromatic rings. The lowest BCUT2D eigenvalue weighted by Crippen LogP contribution is -2.32. The Kier molecular flexibility index (Phi) is 5.74. The Labute approximate surface area is 135 Å². The molecule has 0 spiro atoms. The molecule has 0 saturated heterocycles. The van der Waals surface area contributed by atoms with Crippen LogP contribution in [0.3, 0.4) is 0 Å². The molecule has 0 radical (unpaired) electrons. The number of rotatable bonds is 7. The number of hydrogen-bond acceptors (Lipinski definition) is 4. The second-order valence-electron chi connectivity index (χ2n) is 5.00. The summed E-state index contributed by atoms with van der Waals surface area (Å²) in [7, 11) is 0. The fourth-order valence-electron chi connectivity index (χ4n) is 1.98. The number of hydrogen-bond donors (Lipinski definition) is 1. The van der Waals surface area contributed by atoms with Crippen LogP contribution >= 0.6 is 0 Å². The number of carbonyl (C=O) groups is 2. The monoisotopic (exact) mass is 313 g/mol. The Hall–Kier alpha value is -2.82. The van der Waals surface area contributed by atoms with Gasteiger partial charge in [-0.1, -0.05) is 37.3 Å². The standard InChI is InChI=1S/C18H19NO4/c1-2-16(17(19)20)23-15-10-8-14(9-11-15)18(21)22-12-13-6-4-3-5-7-13/h3-11,16H,2,12H2,1H3,(H2,19,20). The van der Waals surface area contributed by atoms with Gasteiger partial charge in [-0.2, -0.15) is 0 Å². The van der Waals surface area contributed by atoms with Crippen LogP contribution in [0.25, 0.3) is 0 Å². The maximum Gasteiger partial charge on any atom is 0.338 e. The van der Waals surface area contributed by atoms with E-state index < -0.39 is 18.0 Å². The van der Waals surface area contributed by atoms with E-state index in [1.54, 1.807) is 24.3 Å². The van der Waals surface area contributed by atoms with Crippen LogP contribution in [0.2, 0.25) is 0 Å². The van der Waals surface area contributed by atoms with Gasteiger partial charge in [-0.05, 0) is 36.2 Å². The minimum Gasteiger partial charge on any atom is -0.481 e. The van der Waals surface area contributed by atoms with Crippen molar-refractivity contribution < 1.29 is 19.1 Å². The van der Waals surface area contributed by atoms with Gasteiger partial charge < -0.3 is 15.2 Å². The molecule has 0 aliphatic carbocycles. The van der Waals surface area contributed by atoms with E-state index in [2.05, 4.69) is 0 Å². The Bertz CT molecular complexity index is 652. The van der Waals surface area contributed by atoms with Crippen molar-refractivity contribution in [2.45, 2.75) is 26.1 Å². The predicted molar refractivity (Wildman–Crippen MR) is 85.9 cm³/mol. The van der Waals surface area contributed by atoms with Crippen LogP contribution in [0.4, 0.5) is 0 Å². The van der Waals surface area contributed by atoms with Crippen molar-refractivity contribution >= 4 is 11.9 Å². The van der Waals surface area contributed by atoms with Gasteiger partial charge in [-0.3, -0.25) is 4.79 Å². The van der Waals surface area contributed by atoms with E-state index in [4.69, 9.17) is 15.2 Å². The average Bonchev–Trinajstić information content (AvgIpc) is 2.58. The highest BCUT2D eigenvalue weighted by Gasteiger charge is 2.15. The summed E-state index contributed by atoms with van der Waals surface area (Å²) in [4.78, 5) is 23.1. The van der Waals surface area contributed by atoms with Crippen LogP contribution in [0, 0.1) is 0 Å². The summed E-state index contributed by atoms with van der Waals surface area (Å²) in [5.41, 5.74) is 6.57. The van der Waals surface area contributed by atoms with Crippen LogP contribution in [-0.2, 0) is 16.1 Å². The Morgan fingerprint density at radius 2 is 1.70 bits per heavy atom. The highest BCUT2D eigenvalue weighted by Crippen LogP contribution is 2.16. The molecular weight excluding hydrogens is 294 g/mol. The van der Waals surface area contributed by atoms with Crippen LogP contribution in [0.5, 0.6) is 5.75 Å². The van der Waals surface area contributed by atoms with Crippen LogP contribution < -0.4 is 10.5 Å². The second-order valence-corrected chi connectivity index (χ2v) is 5.00. The second kappa shape index (κ2) is 7.98. The SMILES string of the molecule is CCC(Oc1ccc(C(=O)OCc2ccccc2)cc1)C(N)=O. The third-order valence-corrected chi connectivity index (χ3v) is 3.27. The fraction of sp³-hybridized carbons (Fsp3) is 0.222. The normalized spacial score (nSPS) is 11.5. The lowest BCUT2D eigenvalue weighted by molar-refractivity contribution is -0.124. The number of primary amides is 1. The molecule has 5 heteroatoms. The van der Waals surface area contributed by atoms with Crippen molar-refractivity contribution in [2.75, 3.05) is 0 Å². The van der Waals surface area contributed by atoms with Gasteiger partial charge in [0.15, 0.2) is 6.10 Å². The Balaban J connectivity index is 1.93. The molecule has 120 valence electrons. The Morgan fingerprint density at radius 3 is 2.26 bits per heavy atom. The third kappa shape index (κ3) is 4.85. The molecule has 5 nitrogen and oxygen atoms in total. The summed E-state index contributed by atoms with van der Waals surface area (Å²) in [6, 6.07) is 15.9. The number of amides is 1. The fourth-order valence-corrected chi connectivity index (χ4v) is 1.98. The minimum absolute atomic E-state index is 0.220. The zero-order chi connectivity index (χ0) is 16.7. The molecule has 0 aromatic heterocycles. The van der Waals surface area contributed by atoms with Gasteiger partial charge in [0, 0.05) is 0 Å². The molecular formula is C18H19NO4. The van der Waals surface area contributed by atoms with E-state index in [0.29, 0.717) is 17.7 Å². The van der Waals surface area contributed by atoms with E-state index >= 15 is 0 Å². The van der Waals surface area contributed by atoms with Crippen molar-refractivity contribution in [3.05, 3.63) is 65.7 Å². The quantitative estimate of drug-likeness (QED) is 0.797. The van der Waals surface area contributed by atoms with Crippen LogP contribution in [-0.4, -0.2) is 18.0 Å². The third-order valence-electron chi connectivity index (χ3n) is 3.27. The van der Waals surface area contributed by atoms with Crippen LogP contribution in [0.15, 0.2) is 54.6 Å². The van der Waals surface area contributed by atoms with Crippen LogP contribution in [0.1, 0.15) is 29.3 Å². The zero-order valence-corrected chi connectivity index (χ0v) is 12.9. The van der Waals surface area contributed by atoms with E-state index in [-0.39, 0.29) is 6.61 Å². The van der Waals surface area contributed by atoms with E-state index in [1.165, 1.54) is 0 Å². The first-order valence-electron chi connectivity index (χ1n) is 7.37. The summed E-state index contributed by atoms with van der Waals surface area (Å²) < 4.78 is 10.7. The molecule has 1 atom stereocenters. The van der Waals surface area contributed by atoms with Gasteiger partial charge in [-0.25, -0.2) is 4.79 Å². The first kappa shape index (κ1) is 16.5. The topological polar surface area (TPSA) is 78.6 Å². The van der Waals surface area contributed by atoms with Crippen molar-refractivity contribution in [3.63, 3.8) is 0 Å². The van der Waals surface area contributed by atoms with Gasteiger partial charge in [-0.15, -0.1) is 0 Å². The first-order chi connectivity index (χ1) is 11.1. The minimum atomic E-state index is -0.675. The highest BCUT2D eigenvalue weighted by molar-refractivity contribution is 5.89. The molecule has 0 heterocycles. The van der Waals surface area contributed by atoms with Crippen molar-refractivity contribution in [1.29, 1.82) is 0 Å². The van der Waals surface area contributed by atoms with Gasteiger partial charge in [0.05, 0.1) is 5.56 Å². The summed E-state index contributed by atoms with van der Waals surface area (Å²) in [6.45, 7) is 2.03. The van der Waals surface area contributed by atoms with E-state index in [0.717, 1.165) is 5.56 Å². The molecule has 0 bridgehead atoms. The molecule has 0 aliphatic heterocycles. The van der Waals surface area contributed by atoms with E-state index in [1.807, 2.05) is 37.3 Å². The summed E-state index contributed by atoms with van der Waals surface area (Å²) >= 11 is 0.